The predicted molar refractivity (Wildman–Crippen MR) is 85.3 cm³/mol. The van der Waals surface area contributed by atoms with Crippen molar-refractivity contribution in [1.82, 2.24) is 14.1 Å². The molecule has 0 amide bonds. The number of nitrogens with zero attached hydrogens (tertiary/aromatic N) is 3. The van der Waals surface area contributed by atoms with E-state index in [0.29, 0.717) is 11.6 Å². The lowest BCUT2D eigenvalue weighted by atomic mass is 10.1. The Balaban J connectivity index is 1.99. The molecule has 3 rings (SSSR count). The van der Waals surface area contributed by atoms with E-state index in [2.05, 4.69) is 5.10 Å². The van der Waals surface area contributed by atoms with Crippen molar-refractivity contribution in [2.75, 3.05) is 6.54 Å². The van der Waals surface area contributed by atoms with E-state index in [1.807, 2.05) is 14.0 Å². The van der Waals surface area contributed by atoms with E-state index in [4.69, 9.17) is 11.6 Å². The van der Waals surface area contributed by atoms with E-state index in [9.17, 15) is 8.42 Å². The van der Waals surface area contributed by atoms with Crippen LogP contribution in [0.4, 0.5) is 0 Å². The van der Waals surface area contributed by atoms with Crippen molar-refractivity contribution in [2.45, 2.75) is 30.7 Å². The van der Waals surface area contributed by atoms with Gasteiger partial charge in [0.1, 0.15) is 0 Å². The van der Waals surface area contributed by atoms with Crippen molar-refractivity contribution in [1.29, 1.82) is 0 Å². The zero-order valence-corrected chi connectivity index (χ0v) is 14.1. The maximum atomic E-state index is 12.9. The van der Waals surface area contributed by atoms with Crippen LogP contribution in [0.25, 0.3) is 0 Å². The van der Waals surface area contributed by atoms with Crippen molar-refractivity contribution < 1.29 is 8.42 Å². The molecule has 1 aliphatic rings. The third kappa shape index (κ3) is 2.55. The summed E-state index contributed by atoms with van der Waals surface area (Å²) in [5.41, 5.74) is 1.99. The summed E-state index contributed by atoms with van der Waals surface area (Å²) >= 11 is 5.85. The number of aromatic nitrogens is 2. The minimum Gasteiger partial charge on any atom is -0.273 e. The minimum absolute atomic E-state index is 0.144. The summed E-state index contributed by atoms with van der Waals surface area (Å²) in [6, 6.07) is 6.19. The van der Waals surface area contributed by atoms with E-state index < -0.39 is 10.0 Å². The van der Waals surface area contributed by atoms with Gasteiger partial charge in [0.25, 0.3) is 0 Å². The van der Waals surface area contributed by atoms with Gasteiger partial charge in [-0.25, -0.2) is 8.42 Å². The molecule has 0 spiro atoms. The van der Waals surface area contributed by atoms with Crippen LogP contribution in [0, 0.1) is 6.92 Å². The molecule has 1 aromatic carbocycles. The lowest BCUT2D eigenvalue weighted by Crippen LogP contribution is -2.30. The SMILES string of the molecule is Cc1c([C@@H]2CCCN2S(=O)(=O)c2ccc(Cl)cc2)cnn1C. The third-order valence-electron chi connectivity index (χ3n) is 4.26. The highest BCUT2D eigenvalue weighted by Crippen LogP contribution is 2.37. The Bertz CT molecular complexity index is 784. The van der Waals surface area contributed by atoms with Crippen LogP contribution in [0.1, 0.15) is 30.1 Å². The van der Waals surface area contributed by atoms with Crippen LogP contribution < -0.4 is 0 Å². The molecule has 0 bridgehead atoms. The predicted octanol–water partition coefficient (Wildman–Crippen LogP) is 2.91. The Kier molecular flexibility index (Phi) is 4.01. The first-order valence-electron chi connectivity index (χ1n) is 7.17. The molecule has 7 heteroatoms. The van der Waals surface area contributed by atoms with Gasteiger partial charge >= 0.3 is 0 Å². The van der Waals surface area contributed by atoms with Gasteiger partial charge < -0.3 is 0 Å². The zero-order chi connectivity index (χ0) is 15.9. The Hall–Kier alpha value is -1.37. The molecule has 118 valence electrons. The van der Waals surface area contributed by atoms with Crippen LogP contribution in [0.5, 0.6) is 0 Å². The van der Waals surface area contributed by atoms with Crippen LogP contribution in [-0.4, -0.2) is 29.0 Å². The number of halogens is 1. The molecular formula is C15H18ClN3O2S. The zero-order valence-electron chi connectivity index (χ0n) is 12.5. The Morgan fingerprint density at radius 2 is 1.95 bits per heavy atom. The fraction of sp³-hybridized carbons (Fsp3) is 0.400. The summed E-state index contributed by atoms with van der Waals surface area (Å²) in [5, 5.41) is 4.77. The van der Waals surface area contributed by atoms with E-state index in [1.54, 1.807) is 39.4 Å². The molecule has 1 aliphatic heterocycles. The van der Waals surface area contributed by atoms with E-state index in [-0.39, 0.29) is 10.9 Å². The van der Waals surface area contributed by atoms with Gasteiger partial charge in [0, 0.05) is 29.9 Å². The van der Waals surface area contributed by atoms with Gasteiger partial charge in [0.15, 0.2) is 0 Å². The number of hydrogen-bond acceptors (Lipinski definition) is 3. The van der Waals surface area contributed by atoms with E-state index >= 15 is 0 Å². The highest BCUT2D eigenvalue weighted by atomic mass is 35.5. The monoisotopic (exact) mass is 339 g/mol. The summed E-state index contributed by atoms with van der Waals surface area (Å²) in [5.74, 6) is 0. The van der Waals surface area contributed by atoms with Crippen LogP contribution >= 0.6 is 11.6 Å². The summed E-state index contributed by atoms with van der Waals surface area (Å²) in [6.45, 7) is 2.50. The third-order valence-corrected chi connectivity index (χ3v) is 6.43. The van der Waals surface area contributed by atoms with Gasteiger partial charge in [-0.05, 0) is 44.0 Å². The van der Waals surface area contributed by atoms with Gasteiger partial charge in [0.05, 0.1) is 17.1 Å². The van der Waals surface area contributed by atoms with Crippen molar-refractivity contribution in [2.24, 2.45) is 7.05 Å². The topological polar surface area (TPSA) is 55.2 Å². The first-order valence-corrected chi connectivity index (χ1v) is 8.99. The number of aryl methyl sites for hydroxylation is 1. The molecule has 1 atom stereocenters. The largest absolute Gasteiger partial charge is 0.273 e. The van der Waals surface area contributed by atoms with Crippen LogP contribution in [0.15, 0.2) is 35.4 Å². The molecule has 1 fully saturated rings. The molecule has 5 nitrogen and oxygen atoms in total. The van der Waals surface area contributed by atoms with E-state index in [0.717, 1.165) is 24.1 Å². The average Bonchev–Trinajstić information content (AvgIpc) is 3.08. The molecule has 22 heavy (non-hydrogen) atoms. The Morgan fingerprint density at radius 3 is 2.55 bits per heavy atom. The maximum absolute atomic E-state index is 12.9. The fourth-order valence-corrected chi connectivity index (χ4v) is 4.72. The second-order valence-corrected chi connectivity index (χ2v) is 7.86. The smallest absolute Gasteiger partial charge is 0.243 e. The molecular weight excluding hydrogens is 322 g/mol. The van der Waals surface area contributed by atoms with Crippen LogP contribution in [-0.2, 0) is 17.1 Å². The second kappa shape index (κ2) is 5.68. The summed E-state index contributed by atoms with van der Waals surface area (Å²) in [4.78, 5) is 0.283. The Morgan fingerprint density at radius 1 is 1.27 bits per heavy atom. The quantitative estimate of drug-likeness (QED) is 0.864. The normalized spacial score (nSPS) is 19.7. The molecule has 2 heterocycles. The molecule has 2 aromatic rings. The van der Waals surface area contributed by atoms with Crippen molar-refractivity contribution in [3.05, 3.63) is 46.7 Å². The molecule has 0 aliphatic carbocycles. The first-order chi connectivity index (χ1) is 10.4. The van der Waals surface area contributed by atoms with Gasteiger partial charge in [0.2, 0.25) is 10.0 Å². The molecule has 0 saturated carbocycles. The number of hydrogen-bond donors (Lipinski definition) is 0. The minimum atomic E-state index is -3.52. The lowest BCUT2D eigenvalue weighted by Gasteiger charge is -2.24. The maximum Gasteiger partial charge on any atom is 0.243 e. The van der Waals surface area contributed by atoms with Gasteiger partial charge in [-0.3, -0.25) is 4.68 Å². The van der Waals surface area contributed by atoms with E-state index in [1.165, 1.54) is 0 Å². The lowest BCUT2D eigenvalue weighted by molar-refractivity contribution is 0.395. The highest BCUT2D eigenvalue weighted by molar-refractivity contribution is 7.89. The number of sulfonamides is 1. The second-order valence-electron chi connectivity index (χ2n) is 5.54. The van der Waals surface area contributed by atoms with Gasteiger partial charge in [-0.2, -0.15) is 9.40 Å². The van der Waals surface area contributed by atoms with Crippen molar-refractivity contribution in [3.8, 4) is 0 Å². The van der Waals surface area contributed by atoms with Gasteiger partial charge in [-0.1, -0.05) is 11.6 Å². The number of rotatable bonds is 3. The summed E-state index contributed by atoms with van der Waals surface area (Å²) in [6.07, 6.45) is 3.45. The van der Waals surface area contributed by atoms with Crippen molar-refractivity contribution >= 4 is 21.6 Å². The van der Waals surface area contributed by atoms with Gasteiger partial charge in [-0.15, -0.1) is 0 Å². The van der Waals surface area contributed by atoms with Crippen LogP contribution in [0.3, 0.4) is 0 Å². The molecule has 0 unspecified atom stereocenters. The fourth-order valence-electron chi connectivity index (χ4n) is 2.92. The summed E-state index contributed by atoms with van der Waals surface area (Å²) < 4.78 is 29.2. The Labute approximate surface area is 135 Å². The first kappa shape index (κ1) is 15.5. The average molecular weight is 340 g/mol. The highest BCUT2D eigenvalue weighted by Gasteiger charge is 2.37. The molecule has 0 N–H and O–H groups in total. The molecule has 0 radical (unpaired) electrons. The number of benzene rings is 1. The molecule has 1 saturated heterocycles. The standard InChI is InChI=1S/C15H18ClN3O2S/c1-11-14(10-17-18(11)2)15-4-3-9-19(15)22(20,21)13-7-5-12(16)6-8-13/h5-8,10,15H,3-4,9H2,1-2H3/t15-/m0/s1. The van der Waals surface area contributed by atoms with Crippen LogP contribution in [0.2, 0.25) is 5.02 Å². The molecule has 1 aromatic heterocycles. The van der Waals surface area contributed by atoms with Crippen molar-refractivity contribution in [3.63, 3.8) is 0 Å². The summed E-state index contributed by atoms with van der Waals surface area (Å²) in [7, 11) is -1.66.